The fourth-order valence-electron chi connectivity index (χ4n) is 3.51. The van der Waals surface area contributed by atoms with Crippen molar-refractivity contribution in [2.75, 3.05) is 26.2 Å². The van der Waals surface area contributed by atoms with Gasteiger partial charge in [-0.2, -0.15) is 0 Å². The summed E-state index contributed by atoms with van der Waals surface area (Å²) < 4.78 is 0. The summed E-state index contributed by atoms with van der Waals surface area (Å²) in [6.07, 6.45) is 3.09. The van der Waals surface area contributed by atoms with Gasteiger partial charge in [0.15, 0.2) is 0 Å². The van der Waals surface area contributed by atoms with Crippen molar-refractivity contribution in [3.05, 3.63) is 35.9 Å². The molecule has 1 aromatic carbocycles. The molecule has 0 spiro atoms. The van der Waals surface area contributed by atoms with E-state index >= 15 is 0 Å². The predicted octanol–water partition coefficient (Wildman–Crippen LogP) is 1.87. The van der Waals surface area contributed by atoms with E-state index in [0.29, 0.717) is 38.0 Å². The molecular formula is C18H22N2O2. The number of piperazine rings is 1. The Morgan fingerprint density at radius 1 is 0.864 bits per heavy atom. The molecule has 4 heteroatoms. The molecule has 1 aromatic rings. The van der Waals surface area contributed by atoms with Crippen LogP contribution in [0.15, 0.2) is 30.3 Å². The predicted molar refractivity (Wildman–Crippen MR) is 83.2 cm³/mol. The maximum absolute atomic E-state index is 12.6. The second kappa shape index (κ2) is 5.41. The number of hydrogen-bond acceptors (Lipinski definition) is 2. The monoisotopic (exact) mass is 298 g/mol. The fraction of sp³-hybridized carbons (Fsp3) is 0.556. The van der Waals surface area contributed by atoms with Crippen LogP contribution in [0.4, 0.5) is 0 Å². The lowest BCUT2D eigenvalue weighted by Gasteiger charge is -2.35. The van der Waals surface area contributed by atoms with Gasteiger partial charge in [-0.15, -0.1) is 0 Å². The molecule has 3 aliphatic rings. The normalized spacial score (nSPS) is 27.6. The minimum atomic E-state index is 0.160. The third-order valence-corrected chi connectivity index (χ3v) is 5.16. The first-order valence-electron chi connectivity index (χ1n) is 8.36. The molecule has 2 amide bonds. The highest BCUT2D eigenvalue weighted by Gasteiger charge is 2.46. The number of amides is 2. The second-order valence-corrected chi connectivity index (χ2v) is 6.78. The Morgan fingerprint density at radius 3 is 2.05 bits per heavy atom. The molecule has 1 aliphatic heterocycles. The van der Waals surface area contributed by atoms with Crippen LogP contribution >= 0.6 is 0 Å². The van der Waals surface area contributed by atoms with Crippen LogP contribution in [-0.2, 0) is 9.59 Å². The lowest BCUT2D eigenvalue weighted by atomic mass is 10.1. The highest BCUT2D eigenvalue weighted by Crippen LogP contribution is 2.48. The summed E-state index contributed by atoms with van der Waals surface area (Å²) in [5, 5.41) is 0. The summed E-state index contributed by atoms with van der Waals surface area (Å²) in [5.74, 6) is 1.44. The van der Waals surface area contributed by atoms with E-state index in [9.17, 15) is 9.59 Å². The third-order valence-electron chi connectivity index (χ3n) is 5.16. The molecule has 2 unspecified atom stereocenters. The van der Waals surface area contributed by atoms with Gasteiger partial charge in [-0.3, -0.25) is 9.59 Å². The fourth-order valence-corrected chi connectivity index (χ4v) is 3.51. The maximum Gasteiger partial charge on any atom is 0.226 e. The molecule has 3 fully saturated rings. The summed E-state index contributed by atoms with van der Waals surface area (Å²) in [6, 6.07) is 10.3. The summed E-state index contributed by atoms with van der Waals surface area (Å²) in [7, 11) is 0. The average Bonchev–Trinajstić information content (AvgIpc) is 3.48. The largest absolute Gasteiger partial charge is 0.339 e. The van der Waals surface area contributed by atoms with E-state index < -0.39 is 0 Å². The summed E-state index contributed by atoms with van der Waals surface area (Å²) in [4.78, 5) is 28.5. The van der Waals surface area contributed by atoms with Crippen LogP contribution in [-0.4, -0.2) is 47.8 Å². The minimum absolute atomic E-state index is 0.160. The van der Waals surface area contributed by atoms with E-state index in [0.717, 1.165) is 19.3 Å². The van der Waals surface area contributed by atoms with E-state index in [1.165, 1.54) is 5.56 Å². The topological polar surface area (TPSA) is 40.6 Å². The Bertz CT molecular complexity index is 574. The SMILES string of the molecule is O=C(C1CC1)N1CCN(C(=O)C2CC2c2ccccc2)CC1. The van der Waals surface area contributed by atoms with E-state index in [1.54, 1.807) is 0 Å². The van der Waals surface area contributed by atoms with E-state index in [-0.39, 0.29) is 17.7 Å². The van der Waals surface area contributed by atoms with Gasteiger partial charge in [-0.1, -0.05) is 30.3 Å². The van der Waals surface area contributed by atoms with Gasteiger partial charge in [-0.05, 0) is 30.7 Å². The third kappa shape index (κ3) is 2.62. The van der Waals surface area contributed by atoms with Crippen LogP contribution < -0.4 is 0 Å². The van der Waals surface area contributed by atoms with Gasteiger partial charge in [0, 0.05) is 38.0 Å². The standard InChI is InChI=1S/C18H22N2O2/c21-17(14-6-7-14)19-8-10-20(11-9-19)18(22)16-12-15(16)13-4-2-1-3-5-13/h1-5,14-16H,6-12H2. The van der Waals surface area contributed by atoms with Crippen molar-refractivity contribution < 1.29 is 9.59 Å². The van der Waals surface area contributed by atoms with Crippen molar-refractivity contribution in [2.24, 2.45) is 11.8 Å². The quantitative estimate of drug-likeness (QED) is 0.855. The second-order valence-electron chi connectivity index (χ2n) is 6.78. The van der Waals surface area contributed by atoms with Gasteiger partial charge in [0.1, 0.15) is 0 Å². The first kappa shape index (κ1) is 13.8. The van der Waals surface area contributed by atoms with E-state index in [4.69, 9.17) is 0 Å². The molecule has 0 N–H and O–H groups in total. The molecule has 2 saturated carbocycles. The molecule has 22 heavy (non-hydrogen) atoms. The van der Waals surface area contributed by atoms with Crippen molar-refractivity contribution in [1.29, 1.82) is 0 Å². The molecule has 0 aromatic heterocycles. The Morgan fingerprint density at radius 2 is 1.45 bits per heavy atom. The number of nitrogens with zero attached hydrogens (tertiary/aromatic N) is 2. The summed E-state index contributed by atoms with van der Waals surface area (Å²) in [5.41, 5.74) is 1.28. The summed E-state index contributed by atoms with van der Waals surface area (Å²) >= 11 is 0. The van der Waals surface area contributed by atoms with Gasteiger partial charge in [0.2, 0.25) is 11.8 Å². The zero-order valence-electron chi connectivity index (χ0n) is 12.8. The Balaban J connectivity index is 1.31. The first-order valence-corrected chi connectivity index (χ1v) is 8.36. The lowest BCUT2D eigenvalue weighted by molar-refractivity contribution is -0.141. The van der Waals surface area contributed by atoms with Crippen molar-refractivity contribution in [2.45, 2.75) is 25.2 Å². The van der Waals surface area contributed by atoms with Crippen LogP contribution in [0.25, 0.3) is 0 Å². The zero-order chi connectivity index (χ0) is 15.1. The van der Waals surface area contributed by atoms with Crippen LogP contribution in [0, 0.1) is 11.8 Å². The van der Waals surface area contributed by atoms with Crippen molar-refractivity contribution >= 4 is 11.8 Å². The number of hydrogen-bond donors (Lipinski definition) is 0. The molecule has 2 atom stereocenters. The van der Waals surface area contributed by atoms with Crippen LogP contribution in [0.1, 0.15) is 30.7 Å². The highest BCUT2D eigenvalue weighted by atomic mass is 16.2. The smallest absolute Gasteiger partial charge is 0.226 e. The lowest BCUT2D eigenvalue weighted by Crippen LogP contribution is -2.51. The molecule has 1 saturated heterocycles. The number of carbonyl (C=O) groups is 2. The Hall–Kier alpha value is -1.84. The van der Waals surface area contributed by atoms with Crippen LogP contribution in [0.3, 0.4) is 0 Å². The van der Waals surface area contributed by atoms with Gasteiger partial charge in [-0.25, -0.2) is 0 Å². The molecule has 1 heterocycles. The van der Waals surface area contributed by atoms with Gasteiger partial charge in [0.25, 0.3) is 0 Å². The number of rotatable bonds is 3. The Kier molecular flexibility index (Phi) is 3.40. The van der Waals surface area contributed by atoms with Gasteiger partial charge in [0.05, 0.1) is 0 Å². The van der Waals surface area contributed by atoms with E-state index in [2.05, 4.69) is 12.1 Å². The highest BCUT2D eigenvalue weighted by molar-refractivity contribution is 5.84. The molecule has 2 aliphatic carbocycles. The first-order chi connectivity index (χ1) is 10.7. The molecule has 0 radical (unpaired) electrons. The maximum atomic E-state index is 12.6. The molecular weight excluding hydrogens is 276 g/mol. The van der Waals surface area contributed by atoms with E-state index in [1.807, 2.05) is 28.0 Å². The molecule has 4 nitrogen and oxygen atoms in total. The zero-order valence-corrected chi connectivity index (χ0v) is 12.8. The van der Waals surface area contributed by atoms with Crippen molar-refractivity contribution in [1.82, 2.24) is 9.80 Å². The van der Waals surface area contributed by atoms with Gasteiger partial charge < -0.3 is 9.80 Å². The van der Waals surface area contributed by atoms with Gasteiger partial charge >= 0.3 is 0 Å². The molecule has 0 bridgehead atoms. The minimum Gasteiger partial charge on any atom is -0.339 e. The molecule has 116 valence electrons. The van der Waals surface area contributed by atoms with Crippen LogP contribution in [0.2, 0.25) is 0 Å². The molecule has 4 rings (SSSR count). The number of benzene rings is 1. The van der Waals surface area contributed by atoms with Crippen LogP contribution in [0.5, 0.6) is 0 Å². The van der Waals surface area contributed by atoms with Crippen molar-refractivity contribution in [3.63, 3.8) is 0 Å². The van der Waals surface area contributed by atoms with Crippen molar-refractivity contribution in [3.8, 4) is 0 Å². The Labute approximate surface area is 131 Å². The average molecular weight is 298 g/mol. The summed E-state index contributed by atoms with van der Waals surface area (Å²) in [6.45, 7) is 2.83. The number of carbonyl (C=O) groups excluding carboxylic acids is 2.